The number of likely N-dealkylation sites (N-methyl/N-ethyl adjacent to an activating group) is 1. The zero-order valence-electron chi connectivity index (χ0n) is 11.1. The van der Waals surface area contributed by atoms with Crippen molar-refractivity contribution in [3.8, 4) is 0 Å². The maximum atomic E-state index is 4.59. The molecule has 0 bridgehead atoms. The van der Waals surface area contributed by atoms with Gasteiger partial charge in [0.2, 0.25) is 0 Å². The maximum absolute atomic E-state index is 4.59. The number of rotatable bonds is 6. The van der Waals surface area contributed by atoms with Gasteiger partial charge in [0.1, 0.15) is 0 Å². The van der Waals surface area contributed by atoms with Crippen molar-refractivity contribution >= 4 is 11.3 Å². The van der Waals surface area contributed by atoms with Crippen LogP contribution in [-0.2, 0) is 6.42 Å². The Bertz CT molecular complexity index is 461. The van der Waals surface area contributed by atoms with Crippen LogP contribution in [0.1, 0.15) is 44.2 Å². The van der Waals surface area contributed by atoms with Gasteiger partial charge < -0.3 is 5.32 Å². The Hall–Kier alpha value is -1.20. The van der Waals surface area contributed by atoms with E-state index in [4.69, 9.17) is 0 Å². The van der Waals surface area contributed by atoms with Crippen LogP contribution in [0.2, 0.25) is 0 Å². The molecule has 0 saturated heterocycles. The molecule has 2 heterocycles. The molecule has 2 aromatic rings. The SMILES string of the molecule is CCNC(Cc1ccn(C(C)C)n1)c1cscn1. The molecule has 0 radical (unpaired) electrons. The van der Waals surface area contributed by atoms with Gasteiger partial charge in [-0.2, -0.15) is 5.10 Å². The summed E-state index contributed by atoms with van der Waals surface area (Å²) < 4.78 is 2.00. The molecule has 2 aromatic heterocycles. The number of nitrogens with zero attached hydrogens (tertiary/aromatic N) is 3. The highest BCUT2D eigenvalue weighted by Gasteiger charge is 2.14. The molecule has 4 nitrogen and oxygen atoms in total. The summed E-state index contributed by atoms with van der Waals surface area (Å²) in [5, 5.41) is 10.2. The molecule has 1 atom stereocenters. The monoisotopic (exact) mass is 264 g/mol. The number of thiazole rings is 1. The third-order valence-electron chi connectivity index (χ3n) is 2.86. The standard InChI is InChI=1S/C13H20N4S/c1-4-14-12(13-8-18-9-15-13)7-11-5-6-17(16-11)10(2)3/h5-6,8-10,12,14H,4,7H2,1-3H3. The van der Waals surface area contributed by atoms with Crippen LogP contribution in [0.15, 0.2) is 23.2 Å². The van der Waals surface area contributed by atoms with Gasteiger partial charge in [0, 0.05) is 24.0 Å². The van der Waals surface area contributed by atoms with E-state index >= 15 is 0 Å². The van der Waals surface area contributed by atoms with E-state index in [2.05, 4.69) is 47.6 Å². The second kappa shape index (κ2) is 6.11. The summed E-state index contributed by atoms with van der Waals surface area (Å²) in [4.78, 5) is 4.39. The molecule has 98 valence electrons. The minimum Gasteiger partial charge on any atom is -0.309 e. The van der Waals surface area contributed by atoms with Crippen molar-refractivity contribution in [1.29, 1.82) is 0 Å². The van der Waals surface area contributed by atoms with E-state index in [1.807, 2.05) is 16.4 Å². The van der Waals surface area contributed by atoms with E-state index in [1.54, 1.807) is 11.3 Å². The lowest BCUT2D eigenvalue weighted by molar-refractivity contribution is 0.502. The van der Waals surface area contributed by atoms with Gasteiger partial charge in [-0.1, -0.05) is 6.92 Å². The van der Waals surface area contributed by atoms with Crippen molar-refractivity contribution in [2.45, 2.75) is 39.3 Å². The molecule has 0 aliphatic heterocycles. The summed E-state index contributed by atoms with van der Waals surface area (Å²) in [7, 11) is 0. The minimum absolute atomic E-state index is 0.261. The van der Waals surface area contributed by atoms with Crippen LogP contribution in [0.4, 0.5) is 0 Å². The Morgan fingerprint density at radius 1 is 1.44 bits per heavy atom. The lowest BCUT2D eigenvalue weighted by Crippen LogP contribution is -2.23. The third-order valence-corrected chi connectivity index (χ3v) is 3.47. The molecule has 0 aliphatic carbocycles. The number of hydrogen-bond acceptors (Lipinski definition) is 4. The van der Waals surface area contributed by atoms with Gasteiger partial charge in [-0.25, -0.2) is 4.98 Å². The van der Waals surface area contributed by atoms with E-state index in [9.17, 15) is 0 Å². The molecule has 2 rings (SSSR count). The molecule has 0 aliphatic rings. The number of nitrogens with one attached hydrogen (secondary N) is 1. The molecule has 5 heteroatoms. The number of aromatic nitrogens is 3. The van der Waals surface area contributed by atoms with Crippen LogP contribution in [0.5, 0.6) is 0 Å². The van der Waals surface area contributed by atoms with Gasteiger partial charge in [0.05, 0.1) is 22.9 Å². The highest BCUT2D eigenvalue weighted by molar-refractivity contribution is 7.07. The molecular weight excluding hydrogens is 244 g/mol. The highest BCUT2D eigenvalue weighted by atomic mass is 32.1. The molecule has 1 unspecified atom stereocenters. The Morgan fingerprint density at radius 2 is 2.28 bits per heavy atom. The molecule has 0 spiro atoms. The molecule has 1 N–H and O–H groups in total. The van der Waals surface area contributed by atoms with Crippen LogP contribution in [0.25, 0.3) is 0 Å². The third kappa shape index (κ3) is 3.17. The summed E-state index contributed by atoms with van der Waals surface area (Å²) in [6.07, 6.45) is 2.93. The zero-order chi connectivity index (χ0) is 13.0. The predicted octanol–water partition coefficient (Wildman–Crippen LogP) is 2.81. The van der Waals surface area contributed by atoms with Gasteiger partial charge in [-0.15, -0.1) is 11.3 Å². The van der Waals surface area contributed by atoms with Crippen molar-refractivity contribution in [3.05, 3.63) is 34.5 Å². The fourth-order valence-electron chi connectivity index (χ4n) is 1.90. The van der Waals surface area contributed by atoms with Crippen molar-refractivity contribution in [2.24, 2.45) is 0 Å². The lowest BCUT2D eigenvalue weighted by atomic mass is 10.1. The Labute approximate surface area is 112 Å². The first-order valence-corrected chi connectivity index (χ1v) is 7.30. The second-order valence-corrected chi connectivity index (χ2v) is 5.33. The summed E-state index contributed by atoms with van der Waals surface area (Å²) in [6.45, 7) is 7.33. The van der Waals surface area contributed by atoms with E-state index in [0.29, 0.717) is 6.04 Å². The van der Waals surface area contributed by atoms with Crippen molar-refractivity contribution < 1.29 is 0 Å². The van der Waals surface area contributed by atoms with E-state index in [0.717, 1.165) is 24.4 Å². The first-order chi connectivity index (χ1) is 8.70. The smallest absolute Gasteiger partial charge is 0.0795 e. The molecule has 18 heavy (non-hydrogen) atoms. The lowest BCUT2D eigenvalue weighted by Gasteiger charge is -2.14. The largest absolute Gasteiger partial charge is 0.309 e. The summed E-state index contributed by atoms with van der Waals surface area (Å²) in [6, 6.07) is 2.77. The first kappa shape index (κ1) is 13.2. The second-order valence-electron chi connectivity index (χ2n) is 4.61. The van der Waals surface area contributed by atoms with Crippen molar-refractivity contribution in [1.82, 2.24) is 20.1 Å². The molecular formula is C13H20N4S. The normalized spacial score (nSPS) is 13.1. The van der Waals surface area contributed by atoms with Crippen LogP contribution in [0.3, 0.4) is 0 Å². The van der Waals surface area contributed by atoms with E-state index < -0.39 is 0 Å². The topological polar surface area (TPSA) is 42.7 Å². The first-order valence-electron chi connectivity index (χ1n) is 6.36. The van der Waals surface area contributed by atoms with Crippen LogP contribution < -0.4 is 5.32 Å². The quantitative estimate of drug-likeness (QED) is 0.872. The Morgan fingerprint density at radius 3 is 2.83 bits per heavy atom. The Balaban J connectivity index is 2.08. The van der Waals surface area contributed by atoms with Crippen LogP contribution >= 0.6 is 11.3 Å². The van der Waals surface area contributed by atoms with E-state index in [-0.39, 0.29) is 6.04 Å². The van der Waals surface area contributed by atoms with Crippen LogP contribution in [0, 0.1) is 0 Å². The Kier molecular flexibility index (Phi) is 4.49. The maximum Gasteiger partial charge on any atom is 0.0795 e. The molecule has 0 fully saturated rings. The average molecular weight is 264 g/mol. The van der Waals surface area contributed by atoms with Crippen LogP contribution in [-0.4, -0.2) is 21.3 Å². The predicted molar refractivity (Wildman–Crippen MR) is 74.8 cm³/mol. The van der Waals surface area contributed by atoms with Crippen molar-refractivity contribution in [2.75, 3.05) is 6.54 Å². The fraction of sp³-hybridized carbons (Fsp3) is 0.538. The minimum atomic E-state index is 0.261. The van der Waals surface area contributed by atoms with Gasteiger partial charge in [0.15, 0.2) is 0 Å². The summed E-state index contributed by atoms with van der Waals surface area (Å²) >= 11 is 1.64. The number of hydrogen-bond donors (Lipinski definition) is 1. The van der Waals surface area contributed by atoms with Crippen molar-refractivity contribution in [3.63, 3.8) is 0 Å². The average Bonchev–Trinajstić information content (AvgIpc) is 2.99. The fourth-order valence-corrected chi connectivity index (χ4v) is 2.51. The summed E-state index contributed by atoms with van der Waals surface area (Å²) in [5.74, 6) is 0. The van der Waals surface area contributed by atoms with Gasteiger partial charge in [-0.05, 0) is 26.5 Å². The van der Waals surface area contributed by atoms with Gasteiger partial charge in [0.25, 0.3) is 0 Å². The van der Waals surface area contributed by atoms with E-state index in [1.165, 1.54) is 0 Å². The molecule has 0 aromatic carbocycles. The zero-order valence-corrected chi connectivity index (χ0v) is 11.9. The van der Waals surface area contributed by atoms with Gasteiger partial charge >= 0.3 is 0 Å². The molecule has 0 amide bonds. The summed E-state index contributed by atoms with van der Waals surface area (Å²) in [5.41, 5.74) is 4.11. The molecule has 0 saturated carbocycles. The van der Waals surface area contributed by atoms with Gasteiger partial charge in [-0.3, -0.25) is 4.68 Å². The highest BCUT2D eigenvalue weighted by Crippen LogP contribution is 2.18.